The van der Waals surface area contributed by atoms with Crippen molar-refractivity contribution < 1.29 is 55.7 Å². The molecule has 0 saturated carbocycles. The van der Waals surface area contributed by atoms with Crippen molar-refractivity contribution in [2.75, 3.05) is 40.3 Å². The third kappa shape index (κ3) is 12.1. The molecule has 4 rings (SSSR count). The summed E-state index contributed by atoms with van der Waals surface area (Å²) in [5.41, 5.74) is 0.937. The van der Waals surface area contributed by atoms with Gasteiger partial charge in [0.2, 0.25) is 0 Å². The number of carbonyl (C=O) groups excluding carboxylic acids is 1. The highest BCUT2D eigenvalue weighted by Gasteiger charge is 2.44. The Morgan fingerprint density at radius 2 is 1.50 bits per heavy atom. The second-order valence-electron chi connectivity index (χ2n) is 10.6. The van der Waals surface area contributed by atoms with Gasteiger partial charge in [-0.05, 0) is 44.5 Å². The predicted octanol–water partition coefficient (Wildman–Crippen LogP) is 4.65. The van der Waals surface area contributed by atoms with Crippen molar-refractivity contribution >= 4 is 29.2 Å². The minimum absolute atomic E-state index is 0.0845. The number of likely N-dealkylation sites (N-methyl/N-ethyl adjacent to an activating group) is 2. The van der Waals surface area contributed by atoms with Crippen LogP contribution in [-0.4, -0.2) is 107 Å². The lowest BCUT2D eigenvalue weighted by molar-refractivity contribution is -0.193. The molecule has 2 saturated heterocycles. The van der Waals surface area contributed by atoms with Gasteiger partial charge in [0.05, 0.1) is 5.60 Å². The van der Waals surface area contributed by atoms with E-state index < -0.39 is 24.3 Å². The summed E-state index contributed by atoms with van der Waals surface area (Å²) in [6.07, 6.45) is -8.59. The number of morpholine rings is 1. The zero-order valence-electron chi connectivity index (χ0n) is 24.3. The minimum atomic E-state index is -5.08. The molecule has 9 nitrogen and oxygen atoms in total. The zero-order chi connectivity index (χ0) is 33.3. The van der Waals surface area contributed by atoms with Crippen molar-refractivity contribution in [3.8, 4) is 0 Å². The van der Waals surface area contributed by atoms with E-state index in [2.05, 4.69) is 48.0 Å². The Kier molecular flexibility index (Phi) is 13.2. The number of hydrogen-bond donors (Lipinski definition) is 2. The molecule has 1 atom stereocenters. The average molecular weight is 656 g/mol. The number of halogens is 6. The Morgan fingerprint density at radius 3 is 1.95 bits per heavy atom. The van der Waals surface area contributed by atoms with Crippen LogP contribution in [0.5, 0.6) is 0 Å². The topological polar surface area (TPSA) is 111 Å². The molecule has 2 aromatic rings. The van der Waals surface area contributed by atoms with Gasteiger partial charge in [0.1, 0.15) is 6.10 Å². The average Bonchev–Trinajstić information content (AvgIpc) is 3.33. The number of carboxylic acid groups (broad SMARTS) is 2. The Labute approximate surface area is 254 Å². The maximum Gasteiger partial charge on any atom is 0.490 e. The largest absolute Gasteiger partial charge is 0.490 e. The first-order chi connectivity index (χ1) is 20.3. The molecule has 1 aromatic carbocycles. The van der Waals surface area contributed by atoms with Gasteiger partial charge >= 0.3 is 24.3 Å². The predicted molar refractivity (Wildman–Crippen MR) is 149 cm³/mol. The van der Waals surface area contributed by atoms with Crippen LogP contribution in [-0.2, 0) is 32.2 Å². The lowest BCUT2D eigenvalue weighted by Gasteiger charge is -2.49. The van der Waals surface area contributed by atoms with Crippen LogP contribution in [0, 0.1) is 6.92 Å². The Morgan fingerprint density at radius 1 is 0.977 bits per heavy atom. The van der Waals surface area contributed by atoms with Crippen LogP contribution in [0.25, 0.3) is 0 Å². The number of amides is 1. The van der Waals surface area contributed by atoms with E-state index in [0.717, 1.165) is 44.6 Å². The summed E-state index contributed by atoms with van der Waals surface area (Å²) >= 11 is 1.89. The molecular weight excluding hydrogens is 620 g/mol. The van der Waals surface area contributed by atoms with E-state index >= 15 is 0 Å². The minimum Gasteiger partial charge on any atom is -0.475 e. The van der Waals surface area contributed by atoms with E-state index in [-0.39, 0.29) is 17.6 Å². The quantitative estimate of drug-likeness (QED) is 0.449. The van der Waals surface area contributed by atoms with Crippen LogP contribution < -0.4 is 0 Å². The second kappa shape index (κ2) is 15.7. The number of thiophene rings is 1. The van der Waals surface area contributed by atoms with Crippen molar-refractivity contribution in [3.05, 3.63) is 57.8 Å². The van der Waals surface area contributed by atoms with E-state index in [1.165, 1.54) is 9.75 Å². The van der Waals surface area contributed by atoms with Gasteiger partial charge in [0, 0.05) is 56.1 Å². The number of aryl methyl sites for hydroxylation is 1. The number of alkyl halides is 6. The lowest BCUT2D eigenvalue weighted by atomic mass is 9.88. The molecule has 3 heterocycles. The first kappa shape index (κ1) is 37.0. The van der Waals surface area contributed by atoms with Crippen LogP contribution in [0.4, 0.5) is 26.3 Å². The molecule has 0 aliphatic carbocycles. The van der Waals surface area contributed by atoms with Crippen LogP contribution in [0.15, 0.2) is 42.5 Å². The number of benzene rings is 1. The molecule has 2 aliphatic heterocycles. The first-order valence-corrected chi connectivity index (χ1v) is 14.2. The fourth-order valence-electron chi connectivity index (χ4n) is 4.71. The monoisotopic (exact) mass is 655 g/mol. The normalized spacial score (nSPS) is 18.8. The van der Waals surface area contributed by atoms with Gasteiger partial charge in [-0.25, -0.2) is 9.59 Å². The van der Waals surface area contributed by atoms with E-state index in [4.69, 9.17) is 24.5 Å². The van der Waals surface area contributed by atoms with Crippen molar-refractivity contribution in [3.63, 3.8) is 0 Å². The molecule has 2 aliphatic rings. The van der Waals surface area contributed by atoms with E-state index in [1.54, 1.807) is 4.90 Å². The number of likely N-dealkylation sites (tertiary alicyclic amines) is 1. The SMILES string of the molecule is Cc1ccc(CN2CCC3(CC2)CN(C)CC(C(=O)N(C)Cc2ccccc2)O3)s1.O=C(O)C(F)(F)F.O=C(O)C(F)(F)F. The molecule has 2 fully saturated rings. The van der Waals surface area contributed by atoms with E-state index in [0.29, 0.717) is 13.1 Å². The summed E-state index contributed by atoms with van der Waals surface area (Å²) < 4.78 is 70.0. The van der Waals surface area contributed by atoms with Gasteiger partial charge < -0.3 is 24.7 Å². The second-order valence-corrected chi connectivity index (χ2v) is 11.9. The molecule has 0 radical (unpaired) electrons. The summed E-state index contributed by atoms with van der Waals surface area (Å²) in [6, 6.07) is 14.6. The van der Waals surface area contributed by atoms with Crippen LogP contribution in [0.2, 0.25) is 0 Å². The highest BCUT2D eigenvalue weighted by atomic mass is 32.1. The van der Waals surface area contributed by atoms with Gasteiger partial charge in [0.25, 0.3) is 5.91 Å². The summed E-state index contributed by atoms with van der Waals surface area (Å²) in [4.78, 5) is 40.3. The maximum absolute atomic E-state index is 13.1. The highest BCUT2D eigenvalue weighted by Crippen LogP contribution is 2.33. The first-order valence-electron chi connectivity index (χ1n) is 13.3. The standard InChI is InChI=1S/C24H33N3O2S.2C2HF3O2/c1-19-9-10-21(30-19)16-27-13-11-24(12-14-27)18-25(2)17-22(29-24)23(28)26(3)15-20-7-5-4-6-8-20;2*3-2(4,5)1(6)7/h4-10,22H,11-18H2,1-3H3;2*(H,6,7). The number of aliphatic carboxylic acids is 2. The maximum atomic E-state index is 13.1. The summed E-state index contributed by atoms with van der Waals surface area (Å²) in [5.74, 6) is -5.43. The third-order valence-corrected chi connectivity index (χ3v) is 7.76. The Bertz CT molecular complexity index is 1210. The van der Waals surface area contributed by atoms with Gasteiger partial charge in [-0.3, -0.25) is 9.69 Å². The van der Waals surface area contributed by atoms with Crippen molar-refractivity contribution in [2.45, 2.75) is 56.9 Å². The van der Waals surface area contributed by atoms with Crippen molar-refractivity contribution in [1.82, 2.24) is 14.7 Å². The highest BCUT2D eigenvalue weighted by molar-refractivity contribution is 7.11. The van der Waals surface area contributed by atoms with Crippen LogP contribution in [0.1, 0.15) is 28.2 Å². The smallest absolute Gasteiger partial charge is 0.475 e. The number of nitrogens with zero attached hydrogens (tertiary/aromatic N) is 3. The van der Waals surface area contributed by atoms with Crippen LogP contribution >= 0.6 is 11.3 Å². The lowest BCUT2D eigenvalue weighted by Crippen LogP contribution is -2.61. The summed E-state index contributed by atoms with van der Waals surface area (Å²) in [5, 5.41) is 14.2. The molecular formula is C28H35F6N3O6S. The molecule has 1 unspecified atom stereocenters. The van der Waals surface area contributed by atoms with Gasteiger partial charge in [-0.1, -0.05) is 30.3 Å². The molecule has 1 amide bonds. The van der Waals surface area contributed by atoms with Gasteiger partial charge in [-0.15, -0.1) is 11.3 Å². The number of carboxylic acids is 2. The van der Waals surface area contributed by atoms with Crippen LogP contribution in [0.3, 0.4) is 0 Å². The van der Waals surface area contributed by atoms with Crippen molar-refractivity contribution in [1.29, 1.82) is 0 Å². The molecule has 0 bridgehead atoms. The molecule has 44 heavy (non-hydrogen) atoms. The van der Waals surface area contributed by atoms with E-state index in [9.17, 15) is 31.1 Å². The summed E-state index contributed by atoms with van der Waals surface area (Å²) in [7, 11) is 3.99. The zero-order valence-corrected chi connectivity index (χ0v) is 25.1. The number of carbonyl (C=O) groups is 3. The molecule has 16 heteroatoms. The molecule has 2 N–H and O–H groups in total. The van der Waals surface area contributed by atoms with E-state index in [1.807, 2.05) is 36.6 Å². The fourth-order valence-corrected chi connectivity index (χ4v) is 5.64. The Balaban J connectivity index is 0.000000402. The third-order valence-electron chi connectivity index (χ3n) is 6.77. The van der Waals surface area contributed by atoms with Crippen molar-refractivity contribution in [2.24, 2.45) is 0 Å². The molecule has 1 aromatic heterocycles. The summed E-state index contributed by atoms with van der Waals surface area (Å²) in [6.45, 7) is 7.41. The van der Waals surface area contributed by atoms with Gasteiger partial charge in [0.15, 0.2) is 0 Å². The molecule has 1 spiro atoms. The number of ether oxygens (including phenoxy) is 1. The molecule has 246 valence electrons. The fraction of sp³-hybridized carbons (Fsp3) is 0.536. The number of hydrogen-bond acceptors (Lipinski definition) is 7. The number of rotatable bonds is 5. The Hall–Kier alpha value is -3.21. The van der Waals surface area contributed by atoms with Gasteiger partial charge in [-0.2, -0.15) is 26.3 Å². The number of piperidine rings is 1.